The van der Waals surface area contributed by atoms with E-state index in [0.29, 0.717) is 41.6 Å². The quantitative estimate of drug-likeness (QED) is 0.0638. The van der Waals surface area contributed by atoms with Crippen molar-refractivity contribution < 1.29 is 97.7 Å². The number of nitrogens with one attached hydrogen (secondary N) is 1. The maximum Gasteiger partial charge on any atom is 1.00 e. The Bertz CT molecular complexity index is 2210. The third-order valence-electron chi connectivity index (χ3n) is 9.20. The van der Waals surface area contributed by atoms with Crippen LogP contribution < -0.4 is 90.7 Å². The fourth-order valence-corrected chi connectivity index (χ4v) is 9.74. The van der Waals surface area contributed by atoms with Crippen LogP contribution in [0, 0.1) is 5.82 Å². The van der Waals surface area contributed by atoms with E-state index in [4.69, 9.17) is 22.8 Å². The first-order valence-electron chi connectivity index (χ1n) is 16.2. The van der Waals surface area contributed by atoms with Gasteiger partial charge in [-0.25, -0.2) is 9.37 Å². The number of oxime groups is 1. The van der Waals surface area contributed by atoms with Gasteiger partial charge >= 0.3 is 59.1 Å². The van der Waals surface area contributed by atoms with E-state index < -0.39 is 52.0 Å². The van der Waals surface area contributed by atoms with Crippen molar-refractivity contribution in [1.82, 2.24) is 24.7 Å². The van der Waals surface area contributed by atoms with Gasteiger partial charge in [-0.15, -0.1) is 23.1 Å². The summed E-state index contributed by atoms with van der Waals surface area (Å²) < 4.78 is 17.7. The second kappa shape index (κ2) is 17.8. The van der Waals surface area contributed by atoms with Crippen LogP contribution in [0.25, 0.3) is 10.9 Å². The average molecular weight is 847 g/mol. The first-order chi connectivity index (χ1) is 25.4. The van der Waals surface area contributed by atoms with Crippen LogP contribution in [0.5, 0.6) is 0 Å². The Kier molecular flexibility index (Phi) is 14.1. The molecule has 3 N–H and O–H groups in total. The molecule has 55 heavy (non-hydrogen) atoms. The van der Waals surface area contributed by atoms with Crippen LogP contribution >= 0.6 is 47.1 Å². The first-order valence-corrected chi connectivity index (χ1v) is 19.5. The Hall–Kier alpha value is -2.73. The van der Waals surface area contributed by atoms with Gasteiger partial charge in [0, 0.05) is 60.7 Å². The van der Waals surface area contributed by atoms with Crippen molar-refractivity contribution in [2.75, 3.05) is 55.4 Å². The standard InChI is InChI=1S/C32H31FN8O8S4.2Na/c1-49-37-22(19-13-52-31(34)35-19)26(43)36-23-27(44)41-24(30(47)48)14(11-51-28(23)41)12-53-32(50)39-6-4-38(5-7-39)21-9-20-16(8-18(21)33)25(42)17(29(45)46)10-40(20)15-2-3-15;;/h8-10,13,15,23,28H,2-7,11-12H2,1H3,(H2,34,35)(H,36,43)(H,45,46)(H,47,48);;/q;2*+1/p-2/b37-22-;;/t23-,28-;;/m1../s1. The number of aromatic carboxylic acids is 1. The van der Waals surface area contributed by atoms with Crippen LogP contribution in [0.1, 0.15) is 34.9 Å². The molecule has 0 spiro atoms. The Morgan fingerprint density at radius 2 is 1.85 bits per heavy atom. The third kappa shape index (κ3) is 8.60. The fraction of sp³-hybridized carbons (Fsp3) is 0.375. The molecule has 3 aromatic rings. The van der Waals surface area contributed by atoms with Crippen molar-refractivity contribution in [3.05, 3.63) is 62.3 Å². The molecule has 1 aromatic carbocycles. The largest absolute Gasteiger partial charge is 1.00 e. The first kappa shape index (κ1) is 43.4. The number of nitrogen functional groups attached to an aromatic ring is 1. The third-order valence-corrected chi connectivity index (χ3v) is 12.8. The number of β-lactam (4-membered cyclic amide) rings is 1. The molecule has 1 saturated carbocycles. The number of carboxylic acids is 2. The van der Waals surface area contributed by atoms with Crippen molar-refractivity contribution in [2.45, 2.75) is 30.3 Å². The van der Waals surface area contributed by atoms with Gasteiger partial charge in [0.1, 0.15) is 34.4 Å². The molecule has 278 valence electrons. The van der Waals surface area contributed by atoms with E-state index >= 15 is 4.39 Å². The number of thioether (sulfide) groups is 2. The number of nitrogens with two attached hydrogens (primary N) is 1. The number of rotatable bonds is 10. The Balaban J connectivity index is 0.00000290. The predicted molar refractivity (Wildman–Crippen MR) is 197 cm³/mol. The normalized spacial score (nSPS) is 19.6. The molecule has 7 rings (SSSR count). The molecule has 2 atom stereocenters. The average Bonchev–Trinajstić information content (AvgIpc) is 3.90. The summed E-state index contributed by atoms with van der Waals surface area (Å²) >= 11 is 9.31. The molecule has 3 fully saturated rings. The number of aromatic nitrogens is 2. The van der Waals surface area contributed by atoms with E-state index in [1.54, 1.807) is 10.6 Å². The SMILES string of the molecule is CO/N=C(\C(=O)N[C@@H]1C(=O)N2C(C(=O)[O-])=C(CSC(=S)N3CCN(c4cc5c(cc4F)c(=O)c(C(=O)[O-])cn5C4CC4)CC3)CS[C@H]12)c1csc(N)n1.[Na+].[Na+]. The Morgan fingerprint density at radius 3 is 2.45 bits per heavy atom. The molecule has 0 bridgehead atoms. The van der Waals surface area contributed by atoms with Gasteiger partial charge < -0.3 is 50.1 Å². The second-order valence-electron chi connectivity index (χ2n) is 12.4. The Labute approximate surface area is 374 Å². The van der Waals surface area contributed by atoms with Crippen LogP contribution in [-0.4, -0.2) is 109 Å². The molecule has 1 aliphatic carbocycles. The zero-order valence-electron chi connectivity index (χ0n) is 29.7. The fourth-order valence-electron chi connectivity index (χ4n) is 6.46. The number of anilines is 2. The van der Waals surface area contributed by atoms with Gasteiger partial charge in [-0.1, -0.05) is 29.1 Å². The van der Waals surface area contributed by atoms with Crippen LogP contribution in [0.15, 0.2) is 44.9 Å². The topological polar surface area (TPSA) is 219 Å². The summed E-state index contributed by atoms with van der Waals surface area (Å²) in [7, 11) is 1.25. The predicted octanol–water partition coefficient (Wildman–Crippen LogP) is -6.52. The number of fused-ring (bicyclic) bond motifs is 2. The number of amides is 2. The number of thiocarbonyl (C=S) groups is 1. The number of carbonyl (C=O) groups excluding carboxylic acids is 4. The number of halogens is 1. The van der Waals surface area contributed by atoms with Crippen molar-refractivity contribution in [1.29, 1.82) is 0 Å². The minimum atomic E-state index is -1.61. The number of piperazine rings is 1. The van der Waals surface area contributed by atoms with Crippen LogP contribution in [0.2, 0.25) is 0 Å². The van der Waals surface area contributed by atoms with Crippen molar-refractivity contribution in [2.24, 2.45) is 5.16 Å². The number of aliphatic carboxylic acids is 1. The summed E-state index contributed by atoms with van der Waals surface area (Å²) in [6.45, 7) is 1.64. The monoisotopic (exact) mass is 846 g/mol. The number of hydrogen-bond acceptors (Lipinski definition) is 16. The van der Waals surface area contributed by atoms with Crippen LogP contribution in [0.3, 0.4) is 0 Å². The molecule has 2 aromatic heterocycles. The van der Waals surface area contributed by atoms with Gasteiger partial charge in [0.2, 0.25) is 0 Å². The number of pyridine rings is 1. The minimum Gasteiger partial charge on any atom is -0.545 e. The molecule has 0 radical (unpaired) electrons. The van der Waals surface area contributed by atoms with Crippen molar-refractivity contribution >= 4 is 103 Å². The van der Waals surface area contributed by atoms with E-state index in [1.807, 2.05) is 9.80 Å². The number of benzene rings is 1. The number of nitrogens with zero attached hydrogens (tertiary/aromatic N) is 6. The molecule has 5 heterocycles. The molecule has 2 amide bonds. The van der Waals surface area contributed by atoms with E-state index in [0.717, 1.165) is 35.1 Å². The van der Waals surface area contributed by atoms with Gasteiger partial charge in [-0.2, -0.15) is 0 Å². The molecular formula is C32H29FN8Na2O8S4. The number of hydrogen-bond donors (Lipinski definition) is 2. The molecule has 16 nitrogen and oxygen atoms in total. The van der Waals surface area contributed by atoms with Crippen LogP contribution in [-0.2, 0) is 19.2 Å². The smallest absolute Gasteiger partial charge is 0.545 e. The Morgan fingerprint density at radius 1 is 1.15 bits per heavy atom. The summed E-state index contributed by atoms with van der Waals surface area (Å²) in [5, 5.41) is 31.2. The number of carbonyl (C=O) groups is 4. The molecule has 3 aliphatic heterocycles. The summed E-state index contributed by atoms with van der Waals surface area (Å²) in [4.78, 5) is 76.6. The summed E-state index contributed by atoms with van der Waals surface area (Å²) in [6.07, 6.45) is 2.91. The van der Waals surface area contributed by atoms with E-state index in [9.17, 15) is 34.2 Å². The maximum absolute atomic E-state index is 15.4. The van der Waals surface area contributed by atoms with Gasteiger partial charge in [-0.05, 0) is 30.5 Å². The second-order valence-corrected chi connectivity index (χ2v) is 16.0. The van der Waals surface area contributed by atoms with E-state index in [2.05, 4.69) is 15.5 Å². The molecule has 0 unspecified atom stereocenters. The van der Waals surface area contributed by atoms with Crippen LogP contribution in [0.4, 0.5) is 15.2 Å². The molecule has 4 aliphatic rings. The number of thiazole rings is 1. The molecule has 2 saturated heterocycles. The summed E-state index contributed by atoms with van der Waals surface area (Å²) in [6, 6.07) is 1.67. The van der Waals surface area contributed by atoms with Crippen molar-refractivity contribution in [3.8, 4) is 0 Å². The minimum absolute atomic E-state index is 0. The summed E-state index contributed by atoms with van der Waals surface area (Å²) in [5.41, 5.74) is 5.28. The number of carboxylic acid groups (broad SMARTS) is 2. The van der Waals surface area contributed by atoms with E-state index in [1.165, 1.54) is 42.2 Å². The van der Waals surface area contributed by atoms with Gasteiger partial charge in [0.15, 0.2) is 16.3 Å². The zero-order chi connectivity index (χ0) is 37.7. The maximum atomic E-state index is 15.4. The van der Waals surface area contributed by atoms with Crippen molar-refractivity contribution in [3.63, 3.8) is 0 Å². The molecular weight excluding hydrogens is 818 g/mol. The van der Waals surface area contributed by atoms with E-state index in [-0.39, 0.29) is 110 Å². The van der Waals surface area contributed by atoms with Gasteiger partial charge in [-0.3, -0.25) is 19.3 Å². The molecule has 23 heteroatoms. The summed E-state index contributed by atoms with van der Waals surface area (Å²) in [5.74, 6) is -4.73. The van der Waals surface area contributed by atoms with Gasteiger partial charge in [0.05, 0.1) is 34.4 Å². The van der Waals surface area contributed by atoms with Gasteiger partial charge in [0.25, 0.3) is 11.8 Å². The zero-order valence-corrected chi connectivity index (χ0v) is 37.0.